The molecule has 1 heterocycles. The highest BCUT2D eigenvalue weighted by Crippen LogP contribution is 2.05. The van der Waals surface area contributed by atoms with Crippen LogP contribution in [0.3, 0.4) is 0 Å². The summed E-state index contributed by atoms with van der Waals surface area (Å²) in [7, 11) is 1.92. The molecule has 1 aromatic heterocycles. The summed E-state index contributed by atoms with van der Waals surface area (Å²) in [5, 5.41) is 7.43. The Bertz CT molecular complexity index is 252. The van der Waals surface area contributed by atoms with Crippen LogP contribution in [0.5, 0.6) is 0 Å². The Hall–Kier alpha value is -0.900. The molecule has 4 heteroatoms. The van der Waals surface area contributed by atoms with Crippen LogP contribution < -0.4 is 5.32 Å². The lowest BCUT2D eigenvalue weighted by molar-refractivity contribution is 0.442. The summed E-state index contributed by atoms with van der Waals surface area (Å²) in [4.78, 5) is 4.15. The van der Waals surface area contributed by atoms with Gasteiger partial charge in [-0.05, 0) is 12.5 Å². The number of aromatic nitrogens is 3. The first-order valence-electron chi connectivity index (χ1n) is 5.31. The fraction of sp³-hybridized carbons (Fsp3) is 0.800. The Labute approximate surface area is 85.7 Å². The molecule has 14 heavy (non-hydrogen) atoms. The largest absolute Gasteiger partial charge is 0.310 e. The molecule has 4 nitrogen and oxygen atoms in total. The SMILES string of the molecule is CCC(CC)CNCc1ncnn1C. The smallest absolute Gasteiger partial charge is 0.140 e. The molecule has 0 aliphatic rings. The van der Waals surface area contributed by atoms with Crippen molar-refractivity contribution in [2.45, 2.75) is 33.2 Å². The third-order valence-electron chi connectivity index (χ3n) is 2.68. The van der Waals surface area contributed by atoms with Gasteiger partial charge in [0.25, 0.3) is 0 Å². The van der Waals surface area contributed by atoms with Gasteiger partial charge in [-0.2, -0.15) is 5.10 Å². The molecule has 0 radical (unpaired) electrons. The molecular weight excluding hydrogens is 176 g/mol. The van der Waals surface area contributed by atoms with Crippen LogP contribution in [0.2, 0.25) is 0 Å². The first-order valence-corrected chi connectivity index (χ1v) is 5.31. The summed E-state index contributed by atoms with van der Waals surface area (Å²) in [6, 6.07) is 0. The van der Waals surface area contributed by atoms with Crippen molar-refractivity contribution in [1.29, 1.82) is 0 Å². The van der Waals surface area contributed by atoms with Crippen LogP contribution in [0.15, 0.2) is 6.33 Å². The average molecular weight is 196 g/mol. The molecule has 0 aliphatic heterocycles. The van der Waals surface area contributed by atoms with Crippen molar-refractivity contribution in [2.24, 2.45) is 13.0 Å². The molecule has 0 aromatic carbocycles. The van der Waals surface area contributed by atoms with Crippen molar-refractivity contribution >= 4 is 0 Å². The van der Waals surface area contributed by atoms with Gasteiger partial charge < -0.3 is 5.32 Å². The first kappa shape index (κ1) is 11.2. The van der Waals surface area contributed by atoms with Crippen LogP contribution in [0, 0.1) is 5.92 Å². The van der Waals surface area contributed by atoms with Gasteiger partial charge in [0.2, 0.25) is 0 Å². The van der Waals surface area contributed by atoms with Crippen LogP contribution in [-0.4, -0.2) is 21.3 Å². The molecule has 0 amide bonds. The maximum Gasteiger partial charge on any atom is 0.140 e. The predicted molar refractivity (Wildman–Crippen MR) is 56.8 cm³/mol. The van der Waals surface area contributed by atoms with Crippen LogP contribution in [-0.2, 0) is 13.6 Å². The van der Waals surface area contributed by atoms with Crippen LogP contribution in [0.4, 0.5) is 0 Å². The normalized spacial score (nSPS) is 11.1. The van der Waals surface area contributed by atoms with Crippen molar-refractivity contribution < 1.29 is 0 Å². The summed E-state index contributed by atoms with van der Waals surface area (Å²) in [6.45, 7) is 6.35. The minimum Gasteiger partial charge on any atom is -0.310 e. The fourth-order valence-electron chi connectivity index (χ4n) is 1.45. The third-order valence-corrected chi connectivity index (χ3v) is 2.68. The van der Waals surface area contributed by atoms with E-state index in [1.165, 1.54) is 12.8 Å². The third kappa shape index (κ3) is 3.10. The highest BCUT2D eigenvalue weighted by molar-refractivity contribution is 4.82. The molecule has 0 unspecified atom stereocenters. The summed E-state index contributed by atoms with van der Waals surface area (Å²) < 4.78 is 1.81. The molecule has 1 aromatic rings. The number of aryl methyl sites for hydroxylation is 1. The van der Waals surface area contributed by atoms with Crippen molar-refractivity contribution in [3.8, 4) is 0 Å². The van der Waals surface area contributed by atoms with Crippen LogP contribution in [0.25, 0.3) is 0 Å². The van der Waals surface area contributed by atoms with Gasteiger partial charge in [-0.15, -0.1) is 0 Å². The number of rotatable bonds is 6. The van der Waals surface area contributed by atoms with E-state index in [1.807, 2.05) is 7.05 Å². The van der Waals surface area contributed by atoms with Gasteiger partial charge in [-0.3, -0.25) is 4.68 Å². The molecule has 0 spiro atoms. The Kier molecular flexibility index (Phi) is 4.59. The lowest BCUT2D eigenvalue weighted by atomic mass is 10.0. The van der Waals surface area contributed by atoms with Crippen molar-refractivity contribution in [1.82, 2.24) is 20.1 Å². The predicted octanol–water partition coefficient (Wildman–Crippen LogP) is 1.34. The van der Waals surface area contributed by atoms with E-state index >= 15 is 0 Å². The minimum atomic E-state index is 0.781. The topological polar surface area (TPSA) is 42.7 Å². The van der Waals surface area contributed by atoms with E-state index in [9.17, 15) is 0 Å². The van der Waals surface area contributed by atoms with E-state index in [4.69, 9.17) is 0 Å². The molecular formula is C10H20N4. The number of hydrogen-bond donors (Lipinski definition) is 1. The minimum absolute atomic E-state index is 0.781. The molecule has 1 N–H and O–H groups in total. The second kappa shape index (κ2) is 5.75. The quantitative estimate of drug-likeness (QED) is 0.746. The van der Waals surface area contributed by atoms with Gasteiger partial charge in [0.15, 0.2) is 0 Å². The van der Waals surface area contributed by atoms with E-state index in [0.717, 1.165) is 24.8 Å². The average Bonchev–Trinajstić information content (AvgIpc) is 2.59. The van der Waals surface area contributed by atoms with Gasteiger partial charge in [0.05, 0.1) is 6.54 Å². The zero-order valence-electron chi connectivity index (χ0n) is 9.32. The van der Waals surface area contributed by atoms with Gasteiger partial charge in [0.1, 0.15) is 12.2 Å². The number of nitrogens with zero attached hydrogens (tertiary/aromatic N) is 3. The van der Waals surface area contributed by atoms with Gasteiger partial charge in [-0.25, -0.2) is 4.98 Å². The number of hydrogen-bond acceptors (Lipinski definition) is 3. The Morgan fingerprint density at radius 1 is 1.43 bits per heavy atom. The number of nitrogens with one attached hydrogen (secondary N) is 1. The van der Waals surface area contributed by atoms with E-state index in [-0.39, 0.29) is 0 Å². The van der Waals surface area contributed by atoms with Gasteiger partial charge >= 0.3 is 0 Å². The van der Waals surface area contributed by atoms with Crippen molar-refractivity contribution in [3.63, 3.8) is 0 Å². The summed E-state index contributed by atoms with van der Waals surface area (Å²) in [5.41, 5.74) is 0. The second-order valence-electron chi connectivity index (χ2n) is 3.61. The monoisotopic (exact) mass is 196 g/mol. The van der Waals surface area contributed by atoms with E-state index < -0.39 is 0 Å². The highest BCUT2D eigenvalue weighted by Gasteiger charge is 2.04. The second-order valence-corrected chi connectivity index (χ2v) is 3.61. The zero-order chi connectivity index (χ0) is 10.4. The van der Waals surface area contributed by atoms with E-state index in [2.05, 4.69) is 29.2 Å². The molecule has 0 fully saturated rings. The molecule has 0 saturated heterocycles. The van der Waals surface area contributed by atoms with Crippen LogP contribution in [0.1, 0.15) is 32.5 Å². The maximum atomic E-state index is 4.15. The van der Waals surface area contributed by atoms with Gasteiger partial charge in [0, 0.05) is 7.05 Å². The lowest BCUT2D eigenvalue weighted by Crippen LogP contribution is -2.23. The van der Waals surface area contributed by atoms with Crippen molar-refractivity contribution in [3.05, 3.63) is 12.2 Å². The Balaban J connectivity index is 2.24. The first-order chi connectivity index (χ1) is 6.77. The van der Waals surface area contributed by atoms with E-state index in [1.54, 1.807) is 11.0 Å². The summed E-state index contributed by atoms with van der Waals surface area (Å²) in [5.74, 6) is 1.78. The summed E-state index contributed by atoms with van der Waals surface area (Å²) in [6.07, 6.45) is 4.07. The van der Waals surface area contributed by atoms with E-state index in [0.29, 0.717) is 0 Å². The molecule has 0 bridgehead atoms. The summed E-state index contributed by atoms with van der Waals surface area (Å²) >= 11 is 0. The molecule has 80 valence electrons. The molecule has 0 atom stereocenters. The standard InChI is InChI=1S/C10H20N4/c1-4-9(5-2)6-11-7-10-12-8-13-14(10)3/h8-9,11H,4-7H2,1-3H3. The molecule has 0 saturated carbocycles. The lowest BCUT2D eigenvalue weighted by Gasteiger charge is -2.12. The maximum absolute atomic E-state index is 4.15. The van der Waals surface area contributed by atoms with Gasteiger partial charge in [-0.1, -0.05) is 26.7 Å². The molecule has 1 rings (SSSR count). The Morgan fingerprint density at radius 3 is 2.64 bits per heavy atom. The molecule has 0 aliphatic carbocycles. The van der Waals surface area contributed by atoms with Crippen molar-refractivity contribution in [2.75, 3.05) is 6.54 Å². The zero-order valence-corrected chi connectivity index (χ0v) is 9.32. The highest BCUT2D eigenvalue weighted by atomic mass is 15.3. The van der Waals surface area contributed by atoms with Crippen LogP contribution >= 0.6 is 0 Å². The Morgan fingerprint density at radius 2 is 2.14 bits per heavy atom. The fourth-order valence-corrected chi connectivity index (χ4v) is 1.45.